The van der Waals surface area contributed by atoms with Crippen LogP contribution < -0.4 is 5.56 Å². The van der Waals surface area contributed by atoms with Crippen LogP contribution in [0.1, 0.15) is 38.3 Å². The van der Waals surface area contributed by atoms with Gasteiger partial charge in [0.25, 0.3) is 5.56 Å². The first-order valence-electron chi connectivity index (χ1n) is 8.85. The Morgan fingerprint density at radius 1 is 1.25 bits per heavy atom. The molecule has 5 nitrogen and oxygen atoms in total. The van der Waals surface area contributed by atoms with Crippen LogP contribution in [0.3, 0.4) is 0 Å². The molecule has 1 aliphatic heterocycles. The molecule has 4 rings (SSSR count). The summed E-state index contributed by atoms with van der Waals surface area (Å²) in [7, 11) is 0. The Morgan fingerprint density at radius 2 is 2.00 bits per heavy atom. The van der Waals surface area contributed by atoms with E-state index in [4.69, 9.17) is 5.10 Å². The number of para-hydroxylation sites is 1. The number of rotatable bonds is 3. The number of aromatic amines is 1. The number of hydrogen-bond donors (Lipinski definition) is 1. The Kier molecular flexibility index (Phi) is 3.88. The van der Waals surface area contributed by atoms with Crippen molar-refractivity contribution in [2.24, 2.45) is 5.92 Å². The summed E-state index contributed by atoms with van der Waals surface area (Å²) in [5.74, 6) is 1.20. The molecule has 24 heavy (non-hydrogen) atoms. The van der Waals surface area contributed by atoms with Crippen molar-refractivity contribution in [3.63, 3.8) is 0 Å². The van der Waals surface area contributed by atoms with E-state index in [0.29, 0.717) is 17.2 Å². The lowest BCUT2D eigenvalue weighted by Crippen LogP contribution is -2.35. The van der Waals surface area contributed by atoms with Crippen molar-refractivity contribution in [2.75, 3.05) is 19.6 Å². The smallest absolute Gasteiger partial charge is 0.259 e. The molecule has 0 bridgehead atoms. The van der Waals surface area contributed by atoms with Gasteiger partial charge in [0.1, 0.15) is 5.65 Å². The van der Waals surface area contributed by atoms with Gasteiger partial charge in [-0.2, -0.15) is 5.10 Å². The standard InChI is InChI=1S/C19H24N4O/c1-13(2)12-22-9-7-14(8-10-22)16-11-18-20-19(24)15-5-3-4-6-17(15)23(18)21-16/h3-6,11,13-14H,7-10,12H2,1-2H3,(H,20,24). The molecule has 5 heteroatoms. The Bertz CT molecular complexity index is 916. The van der Waals surface area contributed by atoms with E-state index in [0.717, 1.165) is 42.8 Å². The second kappa shape index (κ2) is 6.06. The van der Waals surface area contributed by atoms with Gasteiger partial charge in [-0.1, -0.05) is 26.0 Å². The number of benzene rings is 1. The van der Waals surface area contributed by atoms with Gasteiger partial charge in [0.15, 0.2) is 0 Å². The molecule has 1 N–H and O–H groups in total. The highest BCUT2D eigenvalue weighted by atomic mass is 16.1. The van der Waals surface area contributed by atoms with Crippen LogP contribution in [0.5, 0.6) is 0 Å². The summed E-state index contributed by atoms with van der Waals surface area (Å²) in [4.78, 5) is 17.7. The highest BCUT2D eigenvalue weighted by molar-refractivity contribution is 5.80. The average molecular weight is 324 g/mol. The Hall–Kier alpha value is -2.14. The van der Waals surface area contributed by atoms with Crippen LogP contribution in [-0.2, 0) is 0 Å². The number of piperidine rings is 1. The van der Waals surface area contributed by atoms with E-state index < -0.39 is 0 Å². The molecule has 2 aromatic heterocycles. The van der Waals surface area contributed by atoms with Gasteiger partial charge in [-0.05, 0) is 44.0 Å². The van der Waals surface area contributed by atoms with Crippen molar-refractivity contribution in [1.82, 2.24) is 19.5 Å². The lowest BCUT2D eigenvalue weighted by molar-refractivity contribution is 0.191. The minimum Gasteiger partial charge on any atom is -0.306 e. The van der Waals surface area contributed by atoms with E-state index in [9.17, 15) is 4.79 Å². The van der Waals surface area contributed by atoms with E-state index in [1.54, 1.807) is 0 Å². The van der Waals surface area contributed by atoms with Crippen molar-refractivity contribution in [3.8, 4) is 0 Å². The molecular weight excluding hydrogens is 300 g/mol. The molecule has 3 aromatic rings. The predicted octanol–water partition coefficient (Wildman–Crippen LogP) is 3.01. The first-order valence-corrected chi connectivity index (χ1v) is 8.85. The van der Waals surface area contributed by atoms with E-state index in [-0.39, 0.29) is 5.56 Å². The number of H-pyrrole nitrogens is 1. The third kappa shape index (κ3) is 2.73. The fraction of sp³-hybridized carbons (Fsp3) is 0.474. The molecule has 1 saturated heterocycles. The SMILES string of the molecule is CC(C)CN1CCC(c2cc3[nH]c(=O)c4ccccc4n3n2)CC1. The minimum absolute atomic E-state index is 0.0451. The third-order valence-corrected chi connectivity index (χ3v) is 4.98. The van der Waals surface area contributed by atoms with Crippen molar-refractivity contribution in [2.45, 2.75) is 32.6 Å². The Balaban J connectivity index is 1.65. The molecule has 0 spiro atoms. The second-order valence-electron chi connectivity index (χ2n) is 7.31. The number of fused-ring (bicyclic) bond motifs is 3. The topological polar surface area (TPSA) is 53.4 Å². The van der Waals surface area contributed by atoms with Crippen LogP contribution in [-0.4, -0.2) is 39.1 Å². The van der Waals surface area contributed by atoms with Crippen molar-refractivity contribution >= 4 is 16.6 Å². The van der Waals surface area contributed by atoms with E-state index >= 15 is 0 Å². The summed E-state index contributed by atoms with van der Waals surface area (Å²) in [5.41, 5.74) is 2.72. The van der Waals surface area contributed by atoms with Gasteiger partial charge in [-0.3, -0.25) is 4.79 Å². The summed E-state index contributed by atoms with van der Waals surface area (Å²) in [6, 6.07) is 9.70. The number of aromatic nitrogens is 3. The Morgan fingerprint density at radius 3 is 2.75 bits per heavy atom. The molecule has 0 amide bonds. The highest BCUT2D eigenvalue weighted by Crippen LogP contribution is 2.28. The zero-order valence-electron chi connectivity index (χ0n) is 14.3. The second-order valence-corrected chi connectivity index (χ2v) is 7.31. The van der Waals surface area contributed by atoms with Gasteiger partial charge in [-0.15, -0.1) is 0 Å². The molecule has 126 valence electrons. The predicted molar refractivity (Wildman–Crippen MR) is 96.6 cm³/mol. The van der Waals surface area contributed by atoms with Crippen molar-refractivity contribution < 1.29 is 0 Å². The van der Waals surface area contributed by atoms with Crippen LogP contribution in [0.4, 0.5) is 0 Å². The number of nitrogens with one attached hydrogen (secondary N) is 1. The van der Waals surface area contributed by atoms with Crippen LogP contribution in [0.25, 0.3) is 16.6 Å². The molecule has 0 saturated carbocycles. The lowest BCUT2D eigenvalue weighted by atomic mass is 9.93. The summed E-state index contributed by atoms with van der Waals surface area (Å²) in [6.07, 6.45) is 2.28. The summed E-state index contributed by atoms with van der Waals surface area (Å²) >= 11 is 0. The zero-order valence-corrected chi connectivity index (χ0v) is 14.3. The largest absolute Gasteiger partial charge is 0.306 e. The van der Waals surface area contributed by atoms with E-state index in [1.807, 2.05) is 28.8 Å². The van der Waals surface area contributed by atoms with Crippen LogP contribution >= 0.6 is 0 Å². The molecule has 0 atom stereocenters. The van der Waals surface area contributed by atoms with Crippen LogP contribution in [0.15, 0.2) is 35.1 Å². The zero-order chi connectivity index (χ0) is 16.7. The molecule has 1 fully saturated rings. The maximum atomic E-state index is 12.2. The van der Waals surface area contributed by atoms with Crippen molar-refractivity contribution in [3.05, 3.63) is 46.4 Å². The number of nitrogens with zero attached hydrogens (tertiary/aromatic N) is 3. The molecule has 1 aromatic carbocycles. The maximum Gasteiger partial charge on any atom is 0.259 e. The molecular formula is C19H24N4O. The number of likely N-dealkylation sites (tertiary alicyclic amines) is 1. The minimum atomic E-state index is -0.0451. The van der Waals surface area contributed by atoms with Gasteiger partial charge < -0.3 is 9.88 Å². The molecule has 3 heterocycles. The molecule has 0 aliphatic carbocycles. The van der Waals surface area contributed by atoms with Crippen LogP contribution in [0.2, 0.25) is 0 Å². The number of hydrogen-bond acceptors (Lipinski definition) is 3. The summed E-state index contributed by atoms with van der Waals surface area (Å²) in [6.45, 7) is 7.99. The van der Waals surface area contributed by atoms with Gasteiger partial charge in [0, 0.05) is 18.5 Å². The normalized spacial score (nSPS) is 17.3. The van der Waals surface area contributed by atoms with E-state index in [1.165, 1.54) is 6.54 Å². The van der Waals surface area contributed by atoms with Gasteiger partial charge in [-0.25, -0.2) is 4.52 Å². The summed E-state index contributed by atoms with van der Waals surface area (Å²) < 4.78 is 1.88. The van der Waals surface area contributed by atoms with E-state index in [2.05, 4.69) is 29.8 Å². The monoisotopic (exact) mass is 324 g/mol. The first-order chi connectivity index (χ1) is 11.6. The lowest BCUT2D eigenvalue weighted by Gasteiger charge is -2.32. The van der Waals surface area contributed by atoms with Gasteiger partial charge >= 0.3 is 0 Å². The first kappa shape index (κ1) is 15.4. The fourth-order valence-corrected chi connectivity index (χ4v) is 3.83. The average Bonchev–Trinajstić information content (AvgIpc) is 2.99. The Labute approximate surface area is 141 Å². The van der Waals surface area contributed by atoms with Gasteiger partial charge in [0.05, 0.1) is 16.6 Å². The quantitative estimate of drug-likeness (QED) is 0.806. The molecule has 0 radical (unpaired) electrons. The molecule has 0 unspecified atom stereocenters. The third-order valence-electron chi connectivity index (χ3n) is 4.98. The maximum absolute atomic E-state index is 12.2. The van der Waals surface area contributed by atoms with Crippen LogP contribution in [0, 0.1) is 5.92 Å². The molecule has 1 aliphatic rings. The van der Waals surface area contributed by atoms with Gasteiger partial charge in [0.2, 0.25) is 0 Å². The summed E-state index contributed by atoms with van der Waals surface area (Å²) in [5, 5.41) is 5.51. The fourth-order valence-electron chi connectivity index (χ4n) is 3.83. The highest BCUT2D eigenvalue weighted by Gasteiger charge is 2.23. The van der Waals surface area contributed by atoms with Crippen molar-refractivity contribution in [1.29, 1.82) is 0 Å².